The van der Waals surface area contributed by atoms with Crippen LogP contribution in [0.3, 0.4) is 0 Å². The molecule has 0 radical (unpaired) electrons. The van der Waals surface area contributed by atoms with Gasteiger partial charge in [-0.1, -0.05) is 6.07 Å². The van der Waals surface area contributed by atoms with Crippen molar-refractivity contribution in [1.29, 1.82) is 0 Å². The SMILES string of the molecule is c1csc([C@H]2CCCNC2)c1. The first-order chi connectivity index (χ1) is 5.47. The summed E-state index contributed by atoms with van der Waals surface area (Å²) in [7, 11) is 0. The van der Waals surface area contributed by atoms with Gasteiger partial charge in [0, 0.05) is 17.3 Å². The van der Waals surface area contributed by atoms with Crippen LogP contribution in [0.25, 0.3) is 0 Å². The van der Waals surface area contributed by atoms with Crippen LogP contribution in [0, 0.1) is 0 Å². The highest BCUT2D eigenvalue weighted by atomic mass is 32.1. The molecule has 1 aliphatic heterocycles. The molecule has 0 saturated carbocycles. The molecule has 2 rings (SSSR count). The average Bonchev–Trinajstić information content (AvgIpc) is 2.58. The smallest absolute Gasteiger partial charge is 0.00888 e. The summed E-state index contributed by atoms with van der Waals surface area (Å²) < 4.78 is 0. The van der Waals surface area contributed by atoms with Gasteiger partial charge in [0.15, 0.2) is 0 Å². The van der Waals surface area contributed by atoms with Gasteiger partial charge in [-0.15, -0.1) is 11.3 Å². The van der Waals surface area contributed by atoms with Crippen molar-refractivity contribution in [1.82, 2.24) is 5.32 Å². The van der Waals surface area contributed by atoms with E-state index < -0.39 is 0 Å². The minimum Gasteiger partial charge on any atom is -0.316 e. The van der Waals surface area contributed by atoms with Gasteiger partial charge in [-0.2, -0.15) is 0 Å². The summed E-state index contributed by atoms with van der Waals surface area (Å²) in [5, 5.41) is 5.60. The Morgan fingerprint density at radius 2 is 2.55 bits per heavy atom. The van der Waals surface area contributed by atoms with E-state index in [9.17, 15) is 0 Å². The van der Waals surface area contributed by atoms with E-state index in [0.29, 0.717) is 0 Å². The summed E-state index contributed by atoms with van der Waals surface area (Å²) in [6.07, 6.45) is 2.70. The molecule has 1 aromatic rings. The number of hydrogen-bond donors (Lipinski definition) is 1. The largest absolute Gasteiger partial charge is 0.316 e. The Morgan fingerprint density at radius 3 is 3.18 bits per heavy atom. The van der Waals surface area contributed by atoms with Crippen molar-refractivity contribution < 1.29 is 0 Å². The number of thiophene rings is 1. The third kappa shape index (κ3) is 1.63. The van der Waals surface area contributed by atoms with Crippen LogP contribution in [0.4, 0.5) is 0 Å². The van der Waals surface area contributed by atoms with Crippen molar-refractivity contribution in [2.75, 3.05) is 13.1 Å². The summed E-state index contributed by atoms with van der Waals surface area (Å²) in [5.74, 6) is 0.795. The first kappa shape index (κ1) is 7.32. The summed E-state index contributed by atoms with van der Waals surface area (Å²) in [6.45, 7) is 2.39. The predicted molar refractivity (Wildman–Crippen MR) is 49.2 cm³/mol. The fraction of sp³-hybridized carbons (Fsp3) is 0.556. The van der Waals surface area contributed by atoms with E-state index in [1.54, 1.807) is 4.88 Å². The van der Waals surface area contributed by atoms with E-state index in [-0.39, 0.29) is 0 Å². The van der Waals surface area contributed by atoms with Gasteiger partial charge in [-0.05, 0) is 30.8 Å². The molecule has 1 saturated heterocycles. The maximum Gasteiger partial charge on any atom is 0.00888 e. The van der Waals surface area contributed by atoms with Gasteiger partial charge in [0.05, 0.1) is 0 Å². The fourth-order valence-electron chi connectivity index (χ4n) is 1.62. The molecule has 1 N–H and O–H groups in total. The van der Waals surface area contributed by atoms with E-state index in [4.69, 9.17) is 0 Å². The topological polar surface area (TPSA) is 12.0 Å². The molecule has 1 atom stereocenters. The average molecular weight is 167 g/mol. The molecular weight excluding hydrogens is 154 g/mol. The van der Waals surface area contributed by atoms with Gasteiger partial charge in [0.2, 0.25) is 0 Å². The number of piperidine rings is 1. The third-order valence-electron chi connectivity index (χ3n) is 2.24. The van der Waals surface area contributed by atoms with Crippen LogP contribution in [0.1, 0.15) is 23.6 Å². The first-order valence-corrected chi connectivity index (χ1v) is 5.09. The van der Waals surface area contributed by atoms with Crippen LogP contribution < -0.4 is 5.32 Å². The van der Waals surface area contributed by atoms with E-state index in [2.05, 4.69) is 22.8 Å². The molecule has 0 bridgehead atoms. The van der Waals surface area contributed by atoms with Crippen molar-refractivity contribution in [3.63, 3.8) is 0 Å². The molecule has 1 fully saturated rings. The predicted octanol–water partition coefficient (Wildman–Crippen LogP) is 2.22. The monoisotopic (exact) mass is 167 g/mol. The summed E-state index contributed by atoms with van der Waals surface area (Å²) in [5.41, 5.74) is 0. The molecule has 60 valence electrons. The summed E-state index contributed by atoms with van der Waals surface area (Å²) >= 11 is 1.89. The van der Waals surface area contributed by atoms with Crippen LogP contribution in [0.15, 0.2) is 17.5 Å². The Labute approximate surface area is 71.4 Å². The lowest BCUT2D eigenvalue weighted by molar-refractivity contribution is 0.466. The first-order valence-electron chi connectivity index (χ1n) is 4.21. The summed E-state index contributed by atoms with van der Waals surface area (Å²) in [6, 6.07) is 4.40. The van der Waals surface area contributed by atoms with Gasteiger partial charge in [0.25, 0.3) is 0 Å². The minimum atomic E-state index is 0.795. The van der Waals surface area contributed by atoms with Gasteiger partial charge in [-0.3, -0.25) is 0 Å². The second kappa shape index (κ2) is 3.37. The molecule has 0 unspecified atom stereocenters. The van der Waals surface area contributed by atoms with Gasteiger partial charge >= 0.3 is 0 Å². The molecule has 2 heteroatoms. The number of nitrogens with one attached hydrogen (secondary N) is 1. The lowest BCUT2D eigenvalue weighted by Gasteiger charge is -2.21. The Morgan fingerprint density at radius 1 is 1.55 bits per heavy atom. The Bertz CT molecular complexity index is 199. The van der Waals surface area contributed by atoms with Crippen LogP contribution in [-0.2, 0) is 0 Å². The second-order valence-corrected chi connectivity index (χ2v) is 4.04. The van der Waals surface area contributed by atoms with Gasteiger partial charge < -0.3 is 5.32 Å². The lowest BCUT2D eigenvalue weighted by atomic mass is 9.98. The van der Waals surface area contributed by atoms with Crippen LogP contribution in [0.2, 0.25) is 0 Å². The molecular formula is C9H13NS. The van der Waals surface area contributed by atoms with Gasteiger partial charge in [0.1, 0.15) is 0 Å². The quantitative estimate of drug-likeness (QED) is 0.676. The van der Waals surface area contributed by atoms with Crippen LogP contribution in [-0.4, -0.2) is 13.1 Å². The molecule has 2 heterocycles. The zero-order chi connectivity index (χ0) is 7.52. The van der Waals surface area contributed by atoms with Crippen molar-refractivity contribution in [3.05, 3.63) is 22.4 Å². The van der Waals surface area contributed by atoms with Crippen molar-refractivity contribution in [2.24, 2.45) is 0 Å². The number of rotatable bonds is 1. The van der Waals surface area contributed by atoms with E-state index in [1.807, 2.05) is 11.3 Å². The van der Waals surface area contributed by atoms with Crippen molar-refractivity contribution in [2.45, 2.75) is 18.8 Å². The zero-order valence-corrected chi connectivity index (χ0v) is 7.36. The Balaban J connectivity index is 2.04. The highest BCUT2D eigenvalue weighted by Crippen LogP contribution is 2.26. The van der Waals surface area contributed by atoms with Crippen LogP contribution >= 0.6 is 11.3 Å². The highest BCUT2D eigenvalue weighted by Gasteiger charge is 2.14. The lowest BCUT2D eigenvalue weighted by Crippen LogP contribution is -2.27. The number of hydrogen-bond acceptors (Lipinski definition) is 2. The van der Waals surface area contributed by atoms with E-state index in [1.165, 1.54) is 25.9 Å². The second-order valence-electron chi connectivity index (χ2n) is 3.06. The summed E-state index contributed by atoms with van der Waals surface area (Å²) in [4.78, 5) is 1.55. The normalized spacial score (nSPS) is 25.3. The van der Waals surface area contributed by atoms with E-state index >= 15 is 0 Å². The standard InChI is InChI=1S/C9H13NS/c1-3-8(7-10-5-1)9-4-2-6-11-9/h2,4,6,8,10H,1,3,5,7H2/t8-/m0/s1. The van der Waals surface area contributed by atoms with Crippen molar-refractivity contribution >= 4 is 11.3 Å². The minimum absolute atomic E-state index is 0.795. The molecule has 11 heavy (non-hydrogen) atoms. The molecule has 0 amide bonds. The highest BCUT2D eigenvalue weighted by molar-refractivity contribution is 7.10. The Kier molecular flexibility index (Phi) is 2.24. The van der Waals surface area contributed by atoms with Crippen molar-refractivity contribution in [3.8, 4) is 0 Å². The fourth-order valence-corrected chi connectivity index (χ4v) is 2.48. The van der Waals surface area contributed by atoms with Gasteiger partial charge in [-0.25, -0.2) is 0 Å². The Hall–Kier alpha value is -0.340. The maximum absolute atomic E-state index is 3.43. The van der Waals surface area contributed by atoms with E-state index in [0.717, 1.165) is 5.92 Å². The van der Waals surface area contributed by atoms with Crippen LogP contribution in [0.5, 0.6) is 0 Å². The zero-order valence-electron chi connectivity index (χ0n) is 6.55. The molecule has 1 nitrogen and oxygen atoms in total. The third-order valence-corrected chi connectivity index (χ3v) is 3.28. The molecule has 1 aromatic heterocycles. The molecule has 0 spiro atoms. The molecule has 0 aromatic carbocycles. The molecule has 1 aliphatic rings. The molecule has 0 aliphatic carbocycles. The maximum atomic E-state index is 3.43.